The van der Waals surface area contributed by atoms with Gasteiger partial charge < -0.3 is 5.73 Å². The summed E-state index contributed by atoms with van der Waals surface area (Å²) in [6.07, 6.45) is 3.97. The van der Waals surface area contributed by atoms with Gasteiger partial charge in [0, 0.05) is 12.1 Å². The van der Waals surface area contributed by atoms with Crippen molar-refractivity contribution >= 4 is 16.7 Å². The number of primary amides is 1. The van der Waals surface area contributed by atoms with Crippen LogP contribution < -0.4 is 5.73 Å². The zero-order valence-electron chi connectivity index (χ0n) is 11.6. The van der Waals surface area contributed by atoms with Crippen LogP contribution in [0.1, 0.15) is 35.2 Å². The summed E-state index contributed by atoms with van der Waals surface area (Å²) < 4.78 is 0. The van der Waals surface area contributed by atoms with Gasteiger partial charge in [0.2, 0.25) is 5.91 Å². The van der Waals surface area contributed by atoms with Gasteiger partial charge in [0.05, 0.1) is 0 Å². The van der Waals surface area contributed by atoms with E-state index in [9.17, 15) is 4.79 Å². The molecular formula is C17H20N2O. The lowest BCUT2D eigenvalue weighted by atomic mass is 10.0. The van der Waals surface area contributed by atoms with Crippen LogP contribution in [0.5, 0.6) is 0 Å². The Morgan fingerprint density at radius 1 is 1.10 bits per heavy atom. The molecule has 1 fully saturated rings. The summed E-state index contributed by atoms with van der Waals surface area (Å²) in [5.41, 5.74) is 7.33. The molecule has 3 rings (SSSR count). The van der Waals surface area contributed by atoms with Crippen molar-refractivity contribution in [3.63, 3.8) is 0 Å². The minimum atomic E-state index is -0.362. The van der Waals surface area contributed by atoms with Crippen molar-refractivity contribution in [2.24, 2.45) is 5.73 Å². The molecule has 1 saturated heterocycles. The number of amides is 1. The van der Waals surface area contributed by atoms with Crippen molar-refractivity contribution in [2.75, 3.05) is 13.1 Å². The average Bonchev–Trinajstić information content (AvgIpc) is 2.47. The van der Waals surface area contributed by atoms with Crippen molar-refractivity contribution in [1.82, 2.24) is 4.90 Å². The van der Waals surface area contributed by atoms with Crippen molar-refractivity contribution in [2.45, 2.75) is 25.8 Å². The maximum absolute atomic E-state index is 11.4. The molecule has 20 heavy (non-hydrogen) atoms. The molecule has 0 saturated carbocycles. The Balaban J connectivity index is 1.89. The number of carbonyl (C=O) groups excluding carboxylic acids is 1. The van der Waals surface area contributed by atoms with E-state index in [-0.39, 0.29) is 5.91 Å². The number of likely N-dealkylation sites (tertiary alicyclic amines) is 1. The van der Waals surface area contributed by atoms with E-state index in [1.54, 1.807) is 6.07 Å². The number of benzene rings is 2. The second-order valence-corrected chi connectivity index (χ2v) is 5.56. The lowest BCUT2D eigenvalue weighted by Gasteiger charge is -2.26. The summed E-state index contributed by atoms with van der Waals surface area (Å²) >= 11 is 0. The molecule has 2 N–H and O–H groups in total. The molecule has 1 heterocycles. The fourth-order valence-electron chi connectivity index (χ4n) is 3.02. The highest BCUT2D eigenvalue weighted by atomic mass is 16.1. The molecule has 1 amide bonds. The smallest absolute Gasteiger partial charge is 0.249 e. The molecule has 3 heteroatoms. The first-order valence-electron chi connectivity index (χ1n) is 7.28. The van der Waals surface area contributed by atoms with Crippen molar-refractivity contribution in [1.29, 1.82) is 0 Å². The van der Waals surface area contributed by atoms with Crippen molar-refractivity contribution < 1.29 is 4.79 Å². The third-order valence-corrected chi connectivity index (χ3v) is 4.07. The third kappa shape index (κ3) is 2.68. The molecule has 2 aromatic rings. The molecule has 0 atom stereocenters. The van der Waals surface area contributed by atoms with E-state index < -0.39 is 0 Å². The maximum atomic E-state index is 11.4. The largest absolute Gasteiger partial charge is 0.366 e. The second-order valence-electron chi connectivity index (χ2n) is 5.56. The molecular weight excluding hydrogens is 248 g/mol. The van der Waals surface area contributed by atoms with E-state index in [0.29, 0.717) is 5.56 Å². The van der Waals surface area contributed by atoms with E-state index in [1.165, 1.54) is 37.9 Å². The Morgan fingerprint density at radius 2 is 1.90 bits per heavy atom. The number of rotatable bonds is 3. The number of fused-ring (bicyclic) bond motifs is 1. The summed E-state index contributed by atoms with van der Waals surface area (Å²) in [5, 5.41) is 2.04. The van der Waals surface area contributed by atoms with Gasteiger partial charge in [0.15, 0.2) is 0 Å². The summed E-state index contributed by atoms with van der Waals surface area (Å²) in [5.74, 6) is -0.362. The molecule has 104 valence electrons. The van der Waals surface area contributed by atoms with Gasteiger partial charge in [0.25, 0.3) is 0 Å². The monoisotopic (exact) mass is 268 g/mol. The lowest BCUT2D eigenvalue weighted by Crippen LogP contribution is -2.29. The van der Waals surface area contributed by atoms with E-state index >= 15 is 0 Å². The first-order valence-corrected chi connectivity index (χ1v) is 7.28. The molecule has 0 aromatic heterocycles. The molecule has 0 unspecified atom stereocenters. The Labute approximate surface area is 119 Å². The highest BCUT2D eigenvalue weighted by molar-refractivity contribution is 6.06. The fraction of sp³-hybridized carbons (Fsp3) is 0.353. The second kappa shape index (κ2) is 5.63. The van der Waals surface area contributed by atoms with Gasteiger partial charge >= 0.3 is 0 Å². The van der Waals surface area contributed by atoms with Gasteiger partial charge in [-0.25, -0.2) is 0 Å². The molecule has 1 aliphatic rings. The first-order chi connectivity index (χ1) is 9.74. The third-order valence-electron chi connectivity index (χ3n) is 4.07. The van der Waals surface area contributed by atoms with E-state index in [2.05, 4.69) is 17.0 Å². The van der Waals surface area contributed by atoms with Gasteiger partial charge in [0.1, 0.15) is 0 Å². The number of hydrogen-bond acceptors (Lipinski definition) is 2. The molecule has 2 aromatic carbocycles. The molecule has 0 spiro atoms. The quantitative estimate of drug-likeness (QED) is 0.930. The fourth-order valence-corrected chi connectivity index (χ4v) is 3.02. The molecule has 0 aliphatic carbocycles. The molecule has 0 bridgehead atoms. The normalized spacial score (nSPS) is 16.4. The summed E-state index contributed by atoms with van der Waals surface area (Å²) in [6, 6.07) is 12.0. The van der Waals surface area contributed by atoms with Gasteiger partial charge in [-0.3, -0.25) is 9.69 Å². The van der Waals surface area contributed by atoms with Crippen LogP contribution in [0.4, 0.5) is 0 Å². The maximum Gasteiger partial charge on any atom is 0.249 e. The predicted molar refractivity (Wildman–Crippen MR) is 81.6 cm³/mol. The van der Waals surface area contributed by atoms with Crippen LogP contribution >= 0.6 is 0 Å². The Morgan fingerprint density at radius 3 is 2.65 bits per heavy atom. The van der Waals surface area contributed by atoms with Crippen LogP contribution in [0.15, 0.2) is 36.4 Å². The molecule has 0 radical (unpaired) electrons. The number of carbonyl (C=O) groups is 1. The first kappa shape index (κ1) is 13.1. The van der Waals surface area contributed by atoms with Crippen LogP contribution in [-0.4, -0.2) is 23.9 Å². The van der Waals surface area contributed by atoms with Gasteiger partial charge in [-0.05, 0) is 54.4 Å². The topological polar surface area (TPSA) is 46.3 Å². The van der Waals surface area contributed by atoms with E-state index in [1.807, 2.05) is 18.2 Å². The van der Waals surface area contributed by atoms with Gasteiger partial charge in [-0.15, -0.1) is 0 Å². The number of nitrogens with zero attached hydrogens (tertiary/aromatic N) is 1. The van der Waals surface area contributed by atoms with Crippen LogP contribution in [0.2, 0.25) is 0 Å². The van der Waals surface area contributed by atoms with Crippen LogP contribution in [0, 0.1) is 0 Å². The Bertz CT molecular complexity index is 630. The van der Waals surface area contributed by atoms with E-state index in [4.69, 9.17) is 5.73 Å². The average molecular weight is 268 g/mol. The van der Waals surface area contributed by atoms with Crippen LogP contribution in [-0.2, 0) is 6.54 Å². The van der Waals surface area contributed by atoms with Crippen LogP contribution in [0.25, 0.3) is 10.8 Å². The summed E-state index contributed by atoms with van der Waals surface area (Å²) in [7, 11) is 0. The molecule has 1 aliphatic heterocycles. The zero-order valence-corrected chi connectivity index (χ0v) is 11.6. The number of nitrogens with two attached hydrogens (primary N) is 1. The highest BCUT2D eigenvalue weighted by Gasteiger charge is 2.11. The summed E-state index contributed by atoms with van der Waals surface area (Å²) in [4.78, 5) is 13.9. The highest BCUT2D eigenvalue weighted by Crippen LogP contribution is 2.21. The van der Waals surface area contributed by atoms with Crippen LogP contribution in [0.3, 0.4) is 0 Å². The summed E-state index contributed by atoms with van der Waals surface area (Å²) in [6.45, 7) is 3.38. The zero-order chi connectivity index (χ0) is 13.9. The minimum Gasteiger partial charge on any atom is -0.366 e. The number of piperidine rings is 1. The predicted octanol–water partition coefficient (Wildman–Crippen LogP) is 2.92. The standard InChI is InChI=1S/C17H20N2O/c18-17(20)16-6-4-5-14-11-13(7-8-15(14)16)12-19-9-2-1-3-10-19/h4-8,11H,1-3,9-10,12H2,(H2,18,20). The minimum absolute atomic E-state index is 0.362. The van der Waals surface area contributed by atoms with Gasteiger partial charge in [-0.2, -0.15) is 0 Å². The Hall–Kier alpha value is -1.87. The van der Waals surface area contributed by atoms with Gasteiger partial charge in [-0.1, -0.05) is 30.7 Å². The molecule has 3 nitrogen and oxygen atoms in total. The van der Waals surface area contributed by atoms with E-state index in [0.717, 1.165) is 17.3 Å². The van der Waals surface area contributed by atoms with Crippen molar-refractivity contribution in [3.8, 4) is 0 Å². The SMILES string of the molecule is NC(=O)c1cccc2cc(CN3CCCCC3)ccc12. The Kier molecular flexibility index (Phi) is 3.70. The lowest BCUT2D eigenvalue weighted by molar-refractivity contribution is 0.100. The number of hydrogen-bond donors (Lipinski definition) is 1. The van der Waals surface area contributed by atoms with Crippen molar-refractivity contribution in [3.05, 3.63) is 47.5 Å².